The fourth-order valence-corrected chi connectivity index (χ4v) is 3.39. The van der Waals surface area contributed by atoms with Gasteiger partial charge in [0.1, 0.15) is 0 Å². The van der Waals surface area contributed by atoms with E-state index in [1.165, 1.54) is 32.1 Å². The number of rotatable bonds is 3. The van der Waals surface area contributed by atoms with Gasteiger partial charge in [0, 0.05) is 24.3 Å². The second-order valence-corrected chi connectivity index (χ2v) is 5.77. The number of amides is 1. The van der Waals surface area contributed by atoms with Crippen molar-refractivity contribution in [2.24, 2.45) is 5.92 Å². The van der Waals surface area contributed by atoms with Crippen LogP contribution >= 0.6 is 0 Å². The van der Waals surface area contributed by atoms with Gasteiger partial charge in [-0.25, -0.2) is 0 Å². The van der Waals surface area contributed by atoms with Crippen molar-refractivity contribution in [3.8, 4) is 0 Å². The Kier molecular flexibility index (Phi) is 3.82. The van der Waals surface area contributed by atoms with Crippen molar-refractivity contribution in [2.75, 3.05) is 0 Å². The molecule has 19 heavy (non-hydrogen) atoms. The molecule has 5 nitrogen and oxygen atoms in total. The molecule has 2 aliphatic rings. The highest BCUT2D eigenvalue weighted by Gasteiger charge is 2.34. The van der Waals surface area contributed by atoms with Gasteiger partial charge in [0.2, 0.25) is 5.91 Å². The molecule has 3 rings (SSSR count). The Morgan fingerprint density at radius 3 is 3.05 bits per heavy atom. The van der Waals surface area contributed by atoms with E-state index in [4.69, 9.17) is 0 Å². The normalized spacial score (nSPS) is 30.6. The minimum Gasteiger partial charge on any atom is -0.351 e. The molecule has 0 radical (unpaired) electrons. The highest BCUT2D eigenvalue weighted by molar-refractivity contribution is 5.81. The van der Waals surface area contributed by atoms with E-state index in [-0.39, 0.29) is 11.9 Å². The van der Waals surface area contributed by atoms with E-state index in [1.807, 2.05) is 6.20 Å². The lowest BCUT2D eigenvalue weighted by Gasteiger charge is -2.39. The molecule has 3 atom stereocenters. The summed E-state index contributed by atoms with van der Waals surface area (Å²) in [7, 11) is 0. The highest BCUT2D eigenvalue weighted by Crippen LogP contribution is 2.32. The first-order valence-corrected chi connectivity index (χ1v) is 7.34. The third-order valence-electron chi connectivity index (χ3n) is 4.49. The first-order chi connectivity index (χ1) is 9.33. The Morgan fingerprint density at radius 2 is 2.21 bits per heavy atom. The maximum absolute atomic E-state index is 12.2. The summed E-state index contributed by atoms with van der Waals surface area (Å²) >= 11 is 0. The Labute approximate surface area is 113 Å². The standard InChI is InChI=1S/C14H22N4O/c19-14(15-7-10-8-16-17-9-10)13-6-5-11-3-1-2-4-12(11)18-13/h8-9,11-13,18H,1-7H2,(H,15,19)(H,16,17). The third kappa shape index (κ3) is 2.97. The van der Waals surface area contributed by atoms with Gasteiger partial charge >= 0.3 is 0 Å². The van der Waals surface area contributed by atoms with Crippen LogP contribution in [0.15, 0.2) is 12.4 Å². The maximum atomic E-state index is 12.2. The SMILES string of the molecule is O=C(NCc1cn[nH]c1)C1CCC2CCCCC2N1. The zero-order valence-electron chi connectivity index (χ0n) is 11.2. The lowest BCUT2D eigenvalue weighted by Crippen LogP contribution is -2.54. The molecule has 1 aromatic heterocycles. The summed E-state index contributed by atoms with van der Waals surface area (Å²) in [5, 5.41) is 13.2. The van der Waals surface area contributed by atoms with Crippen molar-refractivity contribution in [1.29, 1.82) is 0 Å². The molecule has 1 aliphatic carbocycles. The lowest BCUT2D eigenvalue weighted by molar-refractivity contribution is -0.124. The minimum absolute atomic E-state index is 0.00810. The van der Waals surface area contributed by atoms with Crippen LogP contribution in [0.3, 0.4) is 0 Å². The Hall–Kier alpha value is -1.36. The second kappa shape index (κ2) is 5.74. The Balaban J connectivity index is 1.50. The molecule has 3 N–H and O–H groups in total. The topological polar surface area (TPSA) is 69.8 Å². The molecule has 1 saturated carbocycles. The largest absolute Gasteiger partial charge is 0.351 e. The summed E-state index contributed by atoms with van der Waals surface area (Å²) in [6, 6.07) is 0.554. The molecule has 5 heteroatoms. The molecule has 1 aliphatic heterocycles. The van der Waals surface area contributed by atoms with Crippen LogP contribution in [-0.4, -0.2) is 28.2 Å². The van der Waals surface area contributed by atoms with E-state index >= 15 is 0 Å². The lowest BCUT2D eigenvalue weighted by atomic mass is 9.77. The molecule has 1 aromatic rings. The van der Waals surface area contributed by atoms with E-state index in [2.05, 4.69) is 20.8 Å². The van der Waals surface area contributed by atoms with E-state index in [0.29, 0.717) is 12.6 Å². The Morgan fingerprint density at radius 1 is 1.32 bits per heavy atom. The second-order valence-electron chi connectivity index (χ2n) is 5.77. The number of carbonyl (C=O) groups is 1. The molecule has 0 spiro atoms. The molecular formula is C14H22N4O. The fraction of sp³-hybridized carbons (Fsp3) is 0.714. The van der Waals surface area contributed by atoms with E-state index in [0.717, 1.165) is 17.9 Å². The van der Waals surface area contributed by atoms with Gasteiger partial charge < -0.3 is 10.6 Å². The fourth-order valence-electron chi connectivity index (χ4n) is 3.39. The van der Waals surface area contributed by atoms with E-state index in [9.17, 15) is 4.79 Å². The molecule has 1 saturated heterocycles. The number of fused-ring (bicyclic) bond motifs is 1. The van der Waals surface area contributed by atoms with Gasteiger partial charge in [0.15, 0.2) is 0 Å². The van der Waals surface area contributed by atoms with Crippen molar-refractivity contribution in [1.82, 2.24) is 20.8 Å². The summed E-state index contributed by atoms with van der Waals surface area (Å²) in [6.45, 7) is 0.557. The molecule has 1 amide bonds. The van der Waals surface area contributed by atoms with Gasteiger partial charge in [-0.1, -0.05) is 12.8 Å². The van der Waals surface area contributed by atoms with Crippen molar-refractivity contribution >= 4 is 5.91 Å². The number of nitrogens with zero attached hydrogens (tertiary/aromatic N) is 1. The van der Waals surface area contributed by atoms with Crippen LogP contribution in [-0.2, 0) is 11.3 Å². The summed E-state index contributed by atoms with van der Waals surface area (Å²) in [5.41, 5.74) is 1.01. The summed E-state index contributed by atoms with van der Waals surface area (Å²) in [4.78, 5) is 12.2. The quantitative estimate of drug-likeness (QED) is 0.770. The summed E-state index contributed by atoms with van der Waals surface area (Å²) in [6.07, 6.45) is 11.0. The molecule has 3 unspecified atom stereocenters. The van der Waals surface area contributed by atoms with E-state index in [1.54, 1.807) is 6.20 Å². The highest BCUT2D eigenvalue weighted by atomic mass is 16.2. The van der Waals surface area contributed by atoms with Gasteiger partial charge in [-0.15, -0.1) is 0 Å². The van der Waals surface area contributed by atoms with Crippen LogP contribution in [0.1, 0.15) is 44.1 Å². The zero-order chi connectivity index (χ0) is 13.1. The average Bonchev–Trinajstić information content (AvgIpc) is 2.97. The maximum Gasteiger partial charge on any atom is 0.237 e. The Bertz CT molecular complexity index is 417. The van der Waals surface area contributed by atoms with Crippen LogP contribution in [0.25, 0.3) is 0 Å². The van der Waals surface area contributed by atoms with Crippen LogP contribution in [0.2, 0.25) is 0 Å². The van der Waals surface area contributed by atoms with Crippen LogP contribution in [0.4, 0.5) is 0 Å². The zero-order valence-corrected chi connectivity index (χ0v) is 11.2. The van der Waals surface area contributed by atoms with Crippen molar-refractivity contribution in [2.45, 2.75) is 57.2 Å². The number of hydrogen-bond acceptors (Lipinski definition) is 3. The first kappa shape index (κ1) is 12.7. The van der Waals surface area contributed by atoms with Crippen LogP contribution < -0.4 is 10.6 Å². The minimum atomic E-state index is -0.00810. The van der Waals surface area contributed by atoms with Crippen LogP contribution in [0.5, 0.6) is 0 Å². The first-order valence-electron chi connectivity index (χ1n) is 7.34. The average molecular weight is 262 g/mol. The monoisotopic (exact) mass is 262 g/mol. The number of piperidine rings is 1. The summed E-state index contributed by atoms with van der Waals surface area (Å²) in [5.74, 6) is 0.928. The van der Waals surface area contributed by atoms with Gasteiger partial charge in [-0.3, -0.25) is 9.89 Å². The number of hydrogen-bond donors (Lipinski definition) is 3. The predicted octanol–water partition coefficient (Wildman–Crippen LogP) is 1.34. The van der Waals surface area contributed by atoms with Crippen molar-refractivity contribution in [3.05, 3.63) is 18.0 Å². The van der Waals surface area contributed by atoms with Crippen LogP contribution in [0, 0.1) is 5.92 Å². The molecule has 2 heterocycles. The molecule has 2 fully saturated rings. The van der Waals surface area contributed by atoms with E-state index < -0.39 is 0 Å². The van der Waals surface area contributed by atoms with Gasteiger partial charge in [0.05, 0.1) is 12.2 Å². The molecule has 0 bridgehead atoms. The third-order valence-corrected chi connectivity index (χ3v) is 4.49. The van der Waals surface area contributed by atoms with Gasteiger partial charge in [-0.05, 0) is 31.6 Å². The number of aromatic nitrogens is 2. The number of carbonyl (C=O) groups excluding carboxylic acids is 1. The van der Waals surface area contributed by atoms with Crippen molar-refractivity contribution in [3.63, 3.8) is 0 Å². The van der Waals surface area contributed by atoms with Gasteiger partial charge in [0.25, 0.3) is 0 Å². The van der Waals surface area contributed by atoms with Crippen molar-refractivity contribution < 1.29 is 4.79 Å². The molecule has 104 valence electrons. The number of nitrogens with one attached hydrogen (secondary N) is 3. The van der Waals surface area contributed by atoms with Gasteiger partial charge in [-0.2, -0.15) is 5.10 Å². The summed E-state index contributed by atoms with van der Waals surface area (Å²) < 4.78 is 0. The molecule has 0 aromatic carbocycles. The number of aromatic amines is 1. The smallest absolute Gasteiger partial charge is 0.237 e. The number of H-pyrrole nitrogens is 1. The molecular weight excluding hydrogens is 240 g/mol. The predicted molar refractivity (Wildman–Crippen MR) is 72.3 cm³/mol.